The molecule has 2 aromatic rings. The van der Waals surface area contributed by atoms with E-state index in [0.29, 0.717) is 5.88 Å². The summed E-state index contributed by atoms with van der Waals surface area (Å²) in [6.07, 6.45) is 0.950. The van der Waals surface area contributed by atoms with E-state index in [1.54, 1.807) is 0 Å². The third-order valence-corrected chi connectivity index (χ3v) is 2.63. The Labute approximate surface area is 89.5 Å². The molecule has 0 aliphatic carbocycles. The number of hydrogen-bond donors (Lipinski definition) is 0. The number of halogens is 1. The van der Waals surface area contributed by atoms with Crippen molar-refractivity contribution in [2.24, 2.45) is 0 Å². The highest BCUT2D eigenvalue weighted by Crippen LogP contribution is 2.18. The molecule has 0 fully saturated rings. The number of benzene rings is 2. The summed E-state index contributed by atoms with van der Waals surface area (Å²) in [6.45, 7) is 2.12. The second kappa shape index (κ2) is 4.02. The minimum Gasteiger partial charge on any atom is -0.126 e. The Bertz CT molecular complexity index is 446. The van der Waals surface area contributed by atoms with E-state index in [-0.39, 0.29) is 0 Å². The number of fused-ring (bicyclic) bond motifs is 1. The van der Waals surface area contributed by atoms with Crippen LogP contribution in [0.2, 0.25) is 0 Å². The van der Waals surface area contributed by atoms with E-state index < -0.39 is 0 Å². The fourth-order valence-corrected chi connectivity index (χ4v) is 1.90. The highest BCUT2D eigenvalue weighted by Gasteiger charge is 1.96. The lowest BCUT2D eigenvalue weighted by molar-refractivity contribution is 1.16. The van der Waals surface area contributed by atoms with E-state index in [4.69, 9.17) is 11.6 Å². The molecule has 0 spiro atoms. The van der Waals surface area contributed by atoms with Gasteiger partial charge in [-0.05, 0) is 29.7 Å². The third kappa shape index (κ3) is 1.91. The van der Waals surface area contributed by atoms with Crippen molar-refractivity contribution in [1.29, 1.82) is 0 Å². The van der Waals surface area contributed by atoms with Crippen LogP contribution in [-0.2, 0) is 6.42 Å². The molecule has 0 radical (unpaired) electrons. The summed E-state index contributed by atoms with van der Waals surface area (Å²) in [5, 5.41) is 2.61. The van der Waals surface area contributed by atoms with Gasteiger partial charge in [0.05, 0.1) is 0 Å². The number of aryl methyl sites for hydroxylation is 2. The molecule has 14 heavy (non-hydrogen) atoms. The van der Waals surface area contributed by atoms with Gasteiger partial charge < -0.3 is 0 Å². The fraction of sp³-hybridized carbons (Fsp3) is 0.231. The zero-order valence-electron chi connectivity index (χ0n) is 8.26. The van der Waals surface area contributed by atoms with Crippen LogP contribution in [0.5, 0.6) is 0 Å². The molecule has 0 heterocycles. The fourth-order valence-electron chi connectivity index (χ4n) is 1.68. The highest BCUT2D eigenvalue weighted by molar-refractivity contribution is 6.18. The van der Waals surface area contributed by atoms with Gasteiger partial charge in [-0.1, -0.05) is 42.0 Å². The first kappa shape index (κ1) is 9.54. The summed E-state index contributed by atoms with van der Waals surface area (Å²) in [7, 11) is 0. The minimum atomic E-state index is 0.692. The number of rotatable bonds is 2. The van der Waals surface area contributed by atoms with Gasteiger partial charge in [0.15, 0.2) is 0 Å². The van der Waals surface area contributed by atoms with Crippen LogP contribution in [0.3, 0.4) is 0 Å². The van der Waals surface area contributed by atoms with Crippen molar-refractivity contribution in [3.05, 3.63) is 47.5 Å². The average molecular weight is 205 g/mol. The Hall–Kier alpha value is -1.01. The molecule has 1 heteroatoms. The van der Waals surface area contributed by atoms with Crippen LogP contribution in [0.15, 0.2) is 36.4 Å². The summed E-state index contributed by atoms with van der Waals surface area (Å²) in [4.78, 5) is 0. The van der Waals surface area contributed by atoms with Gasteiger partial charge in [0, 0.05) is 5.88 Å². The molecule has 0 saturated heterocycles. The molecular formula is C13H13Cl. The average Bonchev–Trinajstić information content (AvgIpc) is 2.19. The van der Waals surface area contributed by atoms with Gasteiger partial charge in [-0.2, -0.15) is 0 Å². The monoisotopic (exact) mass is 204 g/mol. The smallest absolute Gasteiger partial charge is 0.0263 e. The molecule has 0 aliphatic rings. The topological polar surface area (TPSA) is 0 Å². The Morgan fingerprint density at radius 2 is 1.71 bits per heavy atom. The van der Waals surface area contributed by atoms with E-state index in [2.05, 4.69) is 43.3 Å². The predicted molar refractivity (Wildman–Crippen MR) is 63.1 cm³/mol. The van der Waals surface area contributed by atoms with Crippen molar-refractivity contribution in [3.63, 3.8) is 0 Å². The predicted octanol–water partition coefficient (Wildman–Crippen LogP) is 3.93. The standard InChI is InChI=1S/C13H13Cl/c1-10-2-4-13-9-11(6-7-14)3-5-12(13)8-10/h2-5,8-9H,6-7H2,1H3. The number of hydrogen-bond acceptors (Lipinski definition) is 0. The van der Waals surface area contributed by atoms with E-state index in [9.17, 15) is 0 Å². The molecule has 0 amide bonds. The Kier molecular flexibility index (Phi) is 2.74. The maximum absolute atomic E-state index is 5.71. The van der Waals surface area contributed by atoms with Crippen molar-refractivity contribution in [3.8, 4) is 0 Å². The summed E-state index contributed by atoms with van der Waals surface area (Å²) < 4.78 is 0. The molecule has 0 atom stereocenters. The molecule has 2 rings (SSSR count). The van der Waals surface area contributed by atoms with Crippen LogP contribution in [0.25, 0.3) is 10.8 Å². The van der Waals surface area contributed by atoms with Gasteiger partial charge in [-0.25, -0.2) is 0 Å². The van der Waals surface area contributed by atoms with Gasteiger partial charge in [0.2, 0.25) is 0 Å². The summed E-state index contributed by atoms with van der Waals surface area (Å²) in [5.74, 6) is 0.692. The summed E-state index contributed by atoms with van der Waals surface area (Å²) in [5.41, 5.74) is 2.62. The molecule has 0 unspecified atom stereocenters. The molecule has 72 valence electrons. The van der Waals surface area contributed by atoms with Crippen molar-refractivity contribution in [2.45, 2.75) is 13.3 Å². The van der Waals surface area contributed by atoms with E-state index in [1.807, 2.05) is 0 Å². The molecule has 2 aromatic carbocycles. The molecular weight excluding hydrogens is 192 g/mol. The maximum Gasteiger partial charge on any atom is 0.0263 e. The van der Waals surface area contributed by atoms with Gasteiger partial charge in [0.1, 0.15) is 0 Å². The molecule has 0 saturated carbocycles. The Morgan fingerprint density at radius 3 is 2.50 bits per heavy atom. The van der Waals surface area contributed by atoms with E-state index in [0.717, 1.165) is 6.42 Å². The second-order valence-electron chi connectivity index (χ2n) is 3.62. The van der Waals surface area contributed by atoms with Crippen molar-refractivity contribution in [1.82, 2.24) is 0 Å². The van der Waals surface area contributed by atoms with Gasteiger partial charge in [-0.15, -0.1) is 11.6 Å². The maximum atomic E-state index is 5.71. The second-order valence-corrected chi connectivity index (χ2v) is 4.00. The largest absolute Gasteiger partial charge is 0.126 e. The van der Waals surface area contributed by atoms with Gasteiger partial charge in [-0.3, -0.25) is 0 Å². The van der Waals surface area contributed by atoms with E-state index >= 15 is 0 Å². The first-order valence-electron chi connectivity index (χ1n) is 4.85. The Balaban J connectivity index is 2.50. The van der Waals surface area contributed by atoms with Crippen LogP contribution in [0.4, 0.5) is 0 Å². The van der Waals surface area contributed by atoms with Crippen molar-refractivity contribution < 1.29 is 0 Å². The van der Waals surface area contributed by atoms with Crippen LogP contribution >= 0.6 is 11.6 Å². The summed E-state index contributed by atoms with van der Waals surface area (Å²) >= 11 is 5.71. The minimum absolute atomic E-state index is 0.692. The highest BCUT2D eigenvalue weighted by atomic mass is 35.5. The molecule has 0 N–H and O–H groups in total. The summed E-state index contributed by atoms with van der Waals surface area (Å²) in [6, 6.07) is 13.1. The van der Waals surface area contributed by atoms with Crippen molar-refractivity contribution in [2.75, 3.05) is 5.88 Å². The lowest BCUT2D eigenvalue weighted by atomic mass is 10.0. The first-order chi connectivity index (χ1) is 6.79. The first-order valence-corrected chi connectivity index (χ1v) is 5.38. The normalized spacial score (nSPS) is 10.7. The zero-order chi connectivity index (χ0) is 9.97. The van der Waals surface area contributed by atoms with Crippen molar-refractivity contribution >= 4 is 22.4 Å². The van der Waals surface area contributed by atoms with Crippen LogP contribution in [0.1, 0.15) is 11.1 Å². The molecule has 0 aromatic heterocycles. The lowest BCUT2D eigenvalue weighted by Crippen LogP contribution is -1.85. The van der Waals surface area contributed by atoms with E-state index in [1.165, 1.54) is 21.9 Å². The molecule has 0 bridgehead atoms. The lowest BCUT2D eigenvalue weighted by Gasteiger charge is -2.02. The Morgan fingerprint density at radius 1 is 1.00 bits per heavy atom. The third-order valence-electron chi connectivity index (χ3n) is 2.44. The van der Waals surface area contributed by atoms with Crippen LogP contribution in [0, 0.1) is 6.92 Å². The molecule has 0 aliphatic heterocycles. The van der Waals surface area contributed by atoms with Crippen LogP contribution < -0.4 is 0 Å². The van der Waals surface area contributed by atoms with Gasteiger partial charge >= 0.3 is 0 Å². The number of alkyl halides is 1. The zero-order valence-corrected chi connectivity index (χ0v) is 9.01. The molecule has 0 nitrogen and oxygen atoms in total. The quantitative estimate of drug-likeness (QED) is 0.651. The SMILES string of the molecule is Cc1ccc2cc(CCCl)ccc2c1. The van der Waals surface area contributed by atoms with Gasteiger partial charge in [0.25, 0.3) is 0 Å². The van der Waals surface area contributed by atoms with Crippen LogP contribution in [-0.4, -0.2) is 5.88 Å².